The van der Waals surface area contributed by atoms with Gasteiger partial charge in [-0.25, -0.2) is 8.42 Å². The Balaban J connectivity index is 1.63. The molecule has 3 aliphatic heterocycles. The molecule has 3 fully saturated rings. The van der Waals surface area contributed by atoms with Gasteiger partial charge >= 0.3 is 0 Å². The predicted molar refractivity (Wildman–Crippen MR) is 104 cm³/mol. The number of ether oxygens (including phenoxy) is 2. The molecule has 27 heavy (non-hydrogen) atoms. The van der Waals surface area contributed by atoms with E-state index < -0.39 is 15.9 Å². The molecule has 3 saturated heterocycles. The first-order chi connectivity index (χ1) is 13.0. The fraction of sp³-hybridized carbons (Fsp3) is 0.556. The number of methoxy groups -OCH3 is 1. The van der Waals surface area contributed by atoms with Crippen LogP contribution in [0, 0.1) is 0 Å². The maximum Gasteiger partial charge on any atom is 0.277 e. The summed E-state index contributed by atoms with van der Waals surface area (Å²) in [5, 5.41) is 0.493. The van der Waals surface area contributed by atoms with Crippen LogP contribution >= 0.6 is 11.8 Å². The van der Waals surface area contributed by atoms with Gasteiger partial charge in [-0.1, -0.05) is 30.0 Å². The van der Waals surface area contributed by atoms with Crippen molar-refractivity contribution in [2.75, 3.05) is 25.2 Å². The van der Waals surface area contributed by atoms with Crippen molar-refractivity contribution in [2.45, 2.75) is 36.8 Å². The summed E-state index contributed by atoms with van der Waals surface area (Å²) in [5.41, 5.74) is 0.933. The first-order valence-corrected chi connectivity index (χ1v) is 11.7. The van der Waals surface area contributed by atoms with Crippen LogP contribution in [-0.4, -0.2) is 67.0 Å². The van der Waals surface area contributed by atoms with E-state index in [1.54, 1.807) is 7.11 Å². The smallest absolute Gasteiger partial charge is 0.277 e. The van der Waals surface area contributed by atoms with E-state index in [-0.39, 0.29) is 28.7 Å². The minimum Gasteiger partial charge on any atom is -0.496 e. The zero-order valence-electron chi connectivity index (χ0n) is 15.0. The van der Waals surface area contributed by atoms with Gasteiger partial charge in [-0.3, -0.25) is 4.79 Å². The number of benzene rings is 1. The van der Waals surface area contributed by atoms with Crippen molar-refractivity contribution >= 4 is 32.7 Å². The Bertz CT molecular complexity index is 864. The first kappa shape index (κ1) is 18.8. The summed E-state index contributed by atoms with van der Waals surface area (Å²) < 4.78 is 35.1. The number of fused-ring (bicyclic) bond motifs is 1. The summed E-state index contributed by atoms with van der Waals surface area (Å²) in [4.78, 5) is 18.8. The molecule has 4 rings (SSSR count). The Morgan fingerprint density at radius 2 is 2.19 bits per heavy atom. The summed E-state index contributed by atoms with van der Waals surface area (Å²) in [6, 6.07) is 7.44. The summed E-state index contributed by atoms with van der Waals surface area (Å²) in [6.07, 6.45) is 1.08. The third-order valence-corrected chi connectivity index (χ3v) is 8.37. The van der Waals surface area contributed by atoms with Crippen molar-refractivity contribution < 1.29 is 22.7 Å². The van der Waals surface area contributed by atoms with E-state index >= 15 is 0 Å². The van der Waals surface area contributed by atoms with Crippen LogP contribution in [0.2, 0.25) is 0 Å². The second-order valence-corrected chi connectivity index (χ2v) is 10.3. The normalized spacial score (nSPS) is 30.6. The molecule has 0 bridgehead atoms. The Morgan fingerprint density at radius 1 is 1.37 bits per heavy atom. The van der Waals surface area contributed by atoms with Crippen molar-refractivity contribution in [2.24, 2.45) is 4.99 Å². The molecular formula is C18H22N2O5S2. The predicted octanol–water partition coefficient (Wildman–Crippen LogP) is 1.47. The van der Waals surface area contributed by atoms with Crippen molar-refractivity contribution in [3.8, 4) is 5.75 Å². The number of nitrogens with zero attached hydrogens (tertiary/aromatic N) is 2. The Kier molecular flexibility index (Phi) is 5.17. The summed E-state index contributed by atoms with van der Waals surface area (Å²) in [5.74, 6) is 0.671. The highest BCUT2D eigenvalue weighted by Crippen LogP contribution is 2.40. The van der Waals surface area contributed by atoms with Gasteiger partial charge < -0.3 is 14.4 Å². The molecule has 3 atom stereocenters. The van der Waals surface area contributed by atoms with E-state index in [9.17, 15) is 13.2 Å². The molecule has 0 saturated carbocycles. The topological polar surface area (TPSA) is 85.3 Å². The van der Waals surface area contributed by atoms with Crippen LogP contribution in [0.5, 0.6) is 5.75 Å². The van der Waals surface area contributed by atoms with E-state index in [4.69, 9.17) is 9.47 Å². The molecule has 0 aromatic heterocycles. The number of carbonyl (C=O) groups excluding carboxylic acids is 1. The van der Waals surface area contributed by atoms with Crippen molar-refractivity contribution in [3.05, 3.63) is 29.8 Å². The molecule has 7 nitrogen and oxygen atoms in total. The molecule has 3 heterocycles. The van der Waals surface area contributed by atoms with E-state index in [0.29, 0.717) is 24.7 Å². The highest BCUT2D eigenvalue weighted by atomic mass is 32.2. The summed E-state index contributed by atoms with van der Waals surface area (Å²) in [6.45, 7) is 1.04. The molecular weight excluding hydrogens is 388 g/mol. The highest BCUT2D eigenvalue weighted by molar-refractivity contribution is 8.15. The van der Waals surface area contributed by atoms with Gasteiger partial charge in [0.15, 0.2) is 15.0 Å². The van der Waals surface area contributed by atoms with Crippen LogP contribution < -0.4 is 4.74 Å². The summed E-state index contributed by atoms with van der Waals surface area (Å²) in [7, 11) is -1.46. The molecule has 1 amide bonds. The lowest BCUT2D eigenvalue weighted by Gasteiger charge is -2.25. The van der Waals surface area contributed by atoms with Gasteiger partial charge in [0, 0.05) is 24.0 Å². The number of hydrogen-bond donors (Lipinski definition) is 0. The SMILES string of the molecule is COc1ccccc1CN1C(=NC(=O)[C@H]2CCCO2)S[C@H]2CS(=O)(=O)C[C@@H]21. The van der Waals surface area contributed by atoms with E-state index in [2.05, 4.69) is 4.99 Å². The number of rotatable bonds is 4. The number of hydrogen-bond acceptors (Lipinski definition) is 6. The molecule has 1 aromatic rings. The average molecular weight is 411 g/mol. The lowest BCUT2D eigenvalue weighted by atomic mass is 10.1. The third kappa shape index (κ3) is 3.86. The monoisotopic (exact) mass is 410 g/mol. The van der Waals surface area contributed by atoms with Crippen molar-refractivity contribution in [1.29, 1.82) is 0 Å². The maximum atomic E-state index is 12.5. The molecule has 3 aliphatic rings. The molecule has 1 aromatic carbocycles. The lowest BCUT2D eigenvalue weighted by molar-refractivity contribution is -0.126. The Labute approximate surface area is 163 Å². The van der Waals surface area contributed by atoms with Gasteiger partial charge in [-0.05, 0) is 18.9 Å². The van der Waals surface area contributed by atoms with Crippen LogP contribution in [0.15, 0.2) is 29.3 Å². The zero-order valence-corrected chi connectivity index (χ0v) is 16.7. The molecule has 0 spiro atoms. The number of carbonyl (C=O) groups is 1. The second kappa shape index (κ2) is 7.44. The average Bonchev–Trinajstić information content (AvgIpc) is 3.33. The third-order valence-electron chi connectivity index (χ3n) is 5.12. The van der Waals surface area contributed by atoms with Crippen LogP contribution in [0.25, 0.3) is 0 Å². The van der Waals surface area contributed by atoms with Gasteiger partial charge in [0.1, 0.15) is 11.9 Å². The zero-order chi connectivity index (χ0) is 19.0. The minimum absolute atomic E-state index is 0.0902. The van der Waals surface area contributed by atoms with Crippen LogP contribution in [0.4, 0.5) is 0 Å². The molecule has 0 N–H and O–H groups in total. The maximum absolute atomic E-state index is 12.5. The fourth-order valence-corrected chi connectivity index (χ4v) is 7.73. The van der Waals surface area contributed by atoms with Gasteiger partial charge in [0.25, 0.3) is 5.91 Å². The Morgan fingerprint density at radius 3 is 2.93 bits per heavy atom. The number of thioether (sulfide) groups is 1. The molecule has 0 unspecified atom stereocenters. The van der Waals surface area contributed by atoms with Gasteiger partial charge in [0.2, 0.25) is 0 Å². The first-order valence-electron chi connectivity index (χ1n) is 8.96. The van der Waals surface area contributed by atoms with E-state index in [1.807, 2.05) is 29.2 Å². The number of amidine groups is 1. The highest BCUT2D eigenvalue weighted by Gasteiger charge is 2.49. The molecule has 146 valence electrons. The van der Waals surface area contributed by atoms with Gasteiger partial charge in [-0.15, -0.1) is 0 Å². The Hall–Kier alpha value is -1.58. The van der Waals surface area contributed by atoms with Gasteiger partial charge in [-0.2, -0.15) is 4.99 Å². The summed E-state index contributed by atoms with van der Waals surface area (Å²) >= 11 is 1.39. The van der Waals surface area contributed by atoms with Crippen LogP contribution in [0.3, 0.4) is 0 Å². The lowest BCUT2D eigenvalue weighted by Crippen LogP contribution is -2.37. The number of aliphatic imine (C=N–C) groups is 1. The van der Waals surface area contributed by atoms with Crippen molar-refractivity contribution in [3.63, 3.8) is 0 Å². The van der Waals surface area contributed by atoms with Gasteiger partial charge in [0.05, 0.1) is 24.7 Å². The second-order valence-electron chi connectivity index (χ2n) is 6.97. The number of amides is 1. The minimum atomic E-state index is -3.07. The van der Waals surface area contributed by atoms with Crippen LogP contribution in [0.1, 0.15) is 18.4 Å². The number of para-hydroxylation sites is 1. The number of sulfone groups is 1. The fourth-order valence-electron chi connectivity index (χ4n) is 3.78. The van der Waals surface area contributed by atoms with E-state index in [0.717, 1.165) is 17.7 Å². The molecule has 0 aliphatic carbocycles. The van der Waals surface area contributed by atoms with Crippen molar-refractivity contribution in [1.82, 2.24) is 4.90 Å². The van der Waals surface area contributed by atoms with E-state index in [1.165, 1.54) is 11.8 Å². The van der Waals surface area contributed by atoms with Crippen LogP contribution in [-0.2, 0) is 25.9 Å². The standard InChI is InChI=1S/C18H22N2O5S2/c1-24-14-6-3-2-5-12(14)9-20-13-10-27(22,23)11-16(13)26-18(20)19-17(21)15-7-4-8-25-15/h2-3,5-6,13,15-16H,4,7-11H2,1H3/t13-,15+,16-/m0/s1. The molecule has 0 radical (unpaired) electrons. The largest absolute Gasteiger partial charge is 0.496 e. The quantitative estimate of drug-likeness (QED) is 0.743. The molecule has 9 heteroatoms.